The second-order valence-corrected chi connectivity index (χ2v) is 7.92. The third kappa shape index (κ3) is 6.41. The first-order valence-corrected chi connectivity index (χ1v) is 10.9. The van der Waals surface area contributed by atoms with Gasteiger partial charge in [-0.2, -0.15) is 0 Å². The molecule has 0 aromatic heterocycles. The van der Waals surface area contributed by atoms with Crippen LogP contribution in [-0.4, -0.2) is 55.7 Å². The molecule has 6 heteroatoms. The summed E-state index contributed by atoms with van der Waals surface area (Å²) in [4.78, 5) is 18.7. The molecule has 1 saturated heterocycles. The Kier molecular flexibility index (Phi) is 8.21. The molecular formula is C25H32N4O2. The van der Waals surface area contributed by atoms with E-state index in [1.54, 1.807) is 14.2 Å². The third-order valence-electron chi connectivity index (χ3n) is 5.83. The van der Waals surface area contributed by atoms with Gasteiger partial charge in [-0.1, -0.05) is 30.3 Å². The lowest BCUT2D eigenvalue weighted by molar-refractivity contribution is 0.139. The number of carbonyl (C=O) groups is 1. The van der Waals surface area contributed by atoms with Crippen LogP contribution in [0.2, 0.25) is 0 Å². The van der Waals surface area contributed by atoms with Crippen molar-refractivity contribution in [1.29, 1.82) is 0 Å². The Morgan fingerprint density at radius 2 is 1.81 bits per heavy atom. The number of benzene rings is 2. The number of carbonyl (C=O) groups excluding carboxylic acids is 1. The highest BCUT2D eigenvalue weighted by molar-refractivity contribution is 6.01. The van der Waals surface area contributed by atoms with Gasteiger partial charge in [0.2, 0.25) is 0 Å². The Balaban J connectivity index is 1.48. The van der Waals surface area contributed by atoms with Crippen LogP contribution in [0.3, 0.4) is 0 Å². The fourth-order valence-corrected chi connectivity index (χ4v) is 3.96. The number of aliphatic imine (C=N–C) groups is 1. The van der Waals surface area contributed by atoms with Crippen molar-refractivity contribution in [3.05, 3.63) is 65.7 Å². The van der Waals surface area contributed by atoms with Crippen LogP contribution in [0.25, 0.3) is 0 Å². The number of hydrazone groups is 1. The van der Waals surface area contributed by atoms with E-state index in [0.717, 1.165) is 43.7 Å². The summed E-state index contributed by atoms with van der Waals surface area (Å²) >= 11 is 0. The molecule has 0 radical (unpaired) electrons. The summed E-state index contributed by atoms with van der Waals surface area (Å²) in [6.45, 7) is 5.15. The number of nitrogens with zero attached hydrogens (tertiary/aromatic N) is 4. The van der Waals surface area contributed by atoms with E-state index in [1.165, 1.54) is 23.4 Å². The van der Waals surface area contributed by atoms with Gasteiger partial charge in [0.1, 0.15) is 5.75 Å². The monoisotopic (exact) mass is 420 g/mol. The molecule has 1 heterocycles. The largest absolute Gasteiger partial charge is 0.497 e. The molecule has 31 heavy (non-hydrogen) atoms. The first kappa shape index (κ1) is 22.5. The van der Waals surface area contributed by atoms with Gasteiger partial charge in [-0.3, -0.25) is 0 Å². The number of amidine groups is 1. The second-order valence-electron chi connectivity index (χ2n) is 7.92. The van der Waals surface area contributed by atoms with Gasteiger partial charge in [-0.05, 0) is 74.6 Å². The van der Waals surface area contributed by atoms with Gasteiger partial charge in [0.25, 0.3) is 0 Å². The fraction of sp³-hybridized carbons (Fsp3) is 0.400. The number of likely N-dealkylation sites (tertiary alicyclic amines) is 1. The molecule has 2 amide bonds. The SMILES string of the molecule is C=NC(=NN(C)C(=O)N1CCC(CCCc2ccccc2)CC1)c1ccc(OC)cc1. The van der Waals surface area contributed by atoms with Crippen molar-refractivity contribution in [2.24, 2.45) is 16.0 Å². The van der Waals surface area contributed by atoms with Gasteiger partial charge in [0.15, 0.2) is 5.84 Å². The van der Waals surface area contributed by atoms with E-state index >= 15 is 0 Å². The molecule has 2 aromatic rings. The van der Waals surface area contributed by atoms with Crippen LogP contribution < -0.4 is 4.74 Å². The number of ether oxygens (including phenoxy) is 1. The Bertz CT molecular complexity index is 872. The molecule has 1 aliphatic rings. The molecule has 1 aliphatic heterocycles. The van der Waals surface area contributed by atoms with E-state index in [2.05, 4.69) is 47.1 Å². The third-order valence-corrected chi connectivity index (χ3v) is 5.83. The van der Waals surface area contributed by atoms with Crippen LogP contribution >= 0.6 is 0 Å². The minimum absolute atomic E-state index is 0.0996. The number of aryl methyl sites for hydroxylation is 1. The second kappa shape index (κ2) is 11.3. The topological polar surface area (TPSA) is 57.5 Å². The summed E-state index contributed by atoms with van der Waals surface area (Å²) in [5.74, 6) is 1.85. The van der Waals surface area contributed by atoms with Gasteiger partial charge in [0.05, 0.1) is 7.11 Å². The first-order valence-electron chi connectivity index (χ1n) is 10.9. The molecule has 1 fully saturated rings. The number of hydrogen-bond donors (Lipinski definition) is 0. The maximum Gasteiger partial charge on any atom is 0.340 e. The predicted octanol–water partition coefficient (Wildman–Crippen LogP) is 4.84. The fourth-order valence-electron chi connectivity index (χ4n) is 3.96. The smallest absolute Gasteiger partial charge is 0.340 e. The average Bonchev–Trinajstić information content (AvgIpc) is 2.83. The van der Waals surface area contributed by atoms with Crippen LogP contribution in [0.5, 0.6) is 5.75 Å². The van der Waals surface area contributed by atoms with E-state index in [-0.39, 0.29) is 6.03 Å². The lowest BCUT2D eigenvalue weighted by Gasteiger charge is -2.33. The normalized spacial score (nSPS) is 14.9. The van der Waals surface area contributed by atoms with Crippen LogP contribution in [-0.2, 0) is 6.42 Å². The maximum atomic E-state index is 12.8. The molecule has 0 unspecified atom stereocenters. The van der Waals surface area contributed by atoms with E-state index in [1.807, 2.05) is 29.2 Å². The van der Waals surface area contributed by atoms with Crippen molar-refractivity contribution in [2.45, 2.75) is 32.1 Å². The molecular weight excluding hydrogens is 388 g/mol. The van der Waals surface area contributed by atoms with Crippen molar-refractivity contribution < 1.29 is 9.53 Å². The number of hydrogen-bond acceptors (Lipinski definition) is 3. The molecule has 0 spiro atoms. The summed E-state index contributed by atoms with van der Waals surface area (Å²) in [5.41, 5.74) is 2.19. The number of piperidine rings is 1. The molecule has 164 valence electrons. The highest BCUT2D eigenvalue weighted by Gasteiger charge is 2.25. The van der Waals surface area contributed by atoms with Crippen molar-refractivity contribution in [3.63, 3.8) is 0 Å². The minimum atomic E-state index is -0.0996. The number of urea groups is 1. The zero-order chi connectivity index (χ0) is 22.1. The van der Waals surface area contributed by atoms with Crippen LogP contribution in [0.4, 0.5) is 4.79 Å². The molecule has 0 saturated carbocycles. The zero-order valence-electron chi connectivity index (χ0n) is 18.5. The molecule has 2 aromatic carbocycles. The van der Waals surface area contributed by atoms with E-state index < -0.39 is 0 Å². The highest BCUT2D eigenvalue weighted by atomic mass is 16.5. The standard InChI is InChI=1S/C25H32N4O2/c1-26-24(22-12-14-23(31-3)15-13-22)27-28(2)25(30)29-18-16-21(17-19-29)11-7-10-20-8-5-4-6-9-20/h4-6,8-9,12-15,21H,1,7,10-11,16-19H2,2-3H3. The quantitative estimate of drug-likeness (QED) is 0.365. The summed E-state index contributed by atoms with van der Waals surface area (Å²) in [5, 5.41) is 5.75. The Morgan fingerprint density at radius 3 is 2.42 bits per heavy atom. The molecule has 0 atom stereocenters. The van der Waals surface area contributed by atoms with E-state index in [9.17, 15) is 4.79 Å². The van der Waals surface area contributed by atoms with Crippen molar-refractivity contribution in [1.82, 2.24) is 9.91 Å². The first-order chi connectivity index (χ1) is 15.1. The van der Waals surface area contributed by atoms with Crippen molar-refractivity contribution in [3.8, 4) is 5.75 Å². The summed E-state index contributed by atoms with van der Waals surface area (Å²) in [6.07, 6.45) is 5.63. The Labute approximate surface area is 185 Å². The summed E-state index contributed by atoms with van der Waals surface area (Å²) in [6, 6.07) is 17.9. The number of methoxy groups -OCH3 is 1. The minimum Gasteiger partial charge on any atom is -0.497 e. The molecule has 0 N–H and O–H groups in total. The van der Waals surface area contributed by atoms with Crippen LogP contribution in [0.1, 0.15) is 36.8 Å². The summed E-state index contributed by atoms with van der Waals surface area (Å²) in [7, 11) is 3.29. The molecule has 0 bridgehead atoms. The lowest BCUT2D eigenvalue weighted by atomic mass is 9.91. The van der Waals surface area contributed by atoms with Crippen LogP contribution in [0.15, 0.2) is 64.7 Å². The molecule has 6 nitrogen and oxygen atoms in total. The number of rotatable bonds is 7. The van der Waals surface area contributed by atoms with Crippen molar-refractivity contribution in [2.75, 3.05) is 27.2 Å². The summed E-state index contributed by atoms with van der Waals surface area (Å²) < 4.78 is 5.18. The maximum absolute atomic E-state index is 12.8. The van der Waals surface area contributed by atoms with E-state index in [4.69, 9.17) is 4.74 Å². The predicted molar refractivity (Wildman–Crippen MR) is 126 cm³/mol. The lowest BCUT2D eigenvalue weighted by Crippen LogP contribution is -2.43. The van der Waals surface area contributed by atoms with Gasteiger partial charge in [0, 0.05) is 25.7 Å². The Morgan fingerprint density at radius 1 is 1.13 bits per heavy atom. The van der Waals surface area contributed by atoms with Gasteiger partial charge in [-0.15, -0.1) is 5.10 Å². The molecule has 0 aliphatic carbocycles. The van der Waals surface area contributed by atoms with E-state index in [0.29, 0.717) is 11.8 Å². The highest BCUT2D eigenvalue weighted by Crippen LogP contribution is 2.23. The average molecular weight is 421 g/mol. The Hall–Kier alpha value is -3.15. The molecule has 3 rings (SSSR count). The zero-order valence-corrected chi connectivity index (χ0v) is 18.5. The van der Waals surface area contributed by atoms with Crippen LogP contribution in [0, 0.1) is 5.92 Å². The van der Waals surface area contributed by atoms with Gasteiger partial charge >= 0.3 is 6.03 Å². The van der Waals surface area contributed by atoms with Gasteiger partial charge < -0.3 is 9.64 Å². The van der Waals surface area contributed by atoms with Crippen molar-refractivity contribution >= 4 is 18.6 Å². The van der Waals surface area contributed by atoms with Gasteiger partial charge in [-0.25, -0.2) is 14.8 Å². The number of amides is 2.